The van der Waals surface area contributed by atoms with E-state index < -0.39 is 5.97 Å². The number of carbonyl (C=O) groups is 1. The molecule has 0 aliphatic rings. The zero-order valence-electron chi connectivity index (χ0n) is 10.6. The molecule has 0 bridgehead atoms. The number of hydrogen-bond donors (Lipinski definition) is 1. The first-order valence-corrected chi connectivity index (χ1v) is 6.23. The third-order valence-corrected chi connectivity index (χ3v) is 3.07. The van der Waals surface area contributed by atoms with Crippen molar-refractivity contribution in [3.63, 3.8) is 0 Å². The Morgan fingerprint density at radius 3 is 2.65 bits per heavy atom. The largest absolute Gasteiger partial charge is 0.478 e. The van der Waals surface area contributed by atoms with Gasteiger partial charge in [0.2, 0.25) is 0 Å². The van der Waals surface area contributed by atoms with Gasteiger partial charge in [-0.15, -0.1) is 0 Å². The summed E-state index contributed by atoms with van der Waals surface area (Å²) in [6.07, 6.45) is 2.50. The molecule has 1 aromatic heterocycles. The molecule has 0 spiro atoms. The van der Waals surface area contributed by atoms with Crippen LogP contribution in [0.5, 0.6) is 0 Å². The monoisotopic (exact) mass is 264 g/mol. The third kappa shape index (κ3) is 2.34. The molecule has 0 unspecified atom stereocenters. The van der Waals surface area contributed by atoms with Crippen LogP contribution in [0.4, 0.5) is 0 Å². The van der Waals surface area contributed by atoms with Crippen LogP contribution >= 0.6 is 0 Å². The average molecular weight is 264 g/mol. The fraction of sp³-hybridized carbons (Fsp3) is 0. The summed E-state index contributed by atoms with van der Waals surface area (Å²) in [6, 6.07) is 17.7. The van der Waals surface area contributed by atoms with Crippen LogP contribution in [0, 0.1) is 0 Å². The summed E-state index contributed by atoms with van der Waals surface area (Å²) in [7, 11) is 0. The standard InChI is InChI=1S/C17H12O3/c18-17(19)11-9-13-8-10-16(20-13)15-7-3-5-12-4-1-2-6-14(12)15/h1-11H,(H,18,19)/b11-9+. The van der Waals surface area contributed by atoms with Crippen molar-refractivity contribution in [3.8, 4) is 11.3 Å². The smallest absolute Gasteiger partial charge is 0.328 e. The first-order chi connectivity index (χ1) is 9.74. The quantitative estimate of drug-likeness (QED) is 0.721. The Hall–Kier alpha value is -2.81. The summed E-state index contributed by atoms with van der Waals surface area (Å²) in [6.45, 7) is 0. The van der Waals surface area contributed by atoms with Crippen LogP contribution in [0.1, 0.15) is 5.76 Å². The van der Waals surface area contributed by atoms with E-state index in [2.05, 4.69) is 0 Å². The Morgan fingerprint density at radius 1 is 1.00 bits per heavy atom. The summed E-state index contributed by atoms with van der Waals surface area (Å²) in [5, 5.41) is 10.9. The number of carboxylic acid groups (broad SMARTS) is 1. The van der Waals surface area contributed by atoms with Crippen LogP contribution in [0.15, 0.2) is 65.1 Å². The number of carboxylic acids is 1. The molecule has 2 aromatic carbocycles. The van der Waals surface area contributed by atoms with Crippen LogP contribution < -0.4 is 0 Å². The zero-order chi connectivity index (χ0) is 13.9. The normalized spacial score (nSPS) is 11.2. The van der Waals surface area contributed by atoms with Gasteiger partial charge in [-0.2, -0.15) is 0 Å². The van der Waals surface area contributed by atoms with Crippen LogP contribution in [-0.4, -0.2) is 11.1 Å². The third-order valence-electron chi connectivity index (χ3n) is 3.07. The van der Waals surface area contributed by atoms with Gasteiger partial charge >= 0.3 is 5.97 Å². The van der Waals surface area contributed by atoms with E-state index in [1.807, 2.05) is 48.5 Å². The van der Waals surface area contributed by atoms with Crippen molar-refractivity contribution in [3.05, 3.63) is 66.4 Å². The highest BCUT2D eigenvalue weighted by Crippen LogP contribution is 2.30. The second kappa shape index (κ2) is 5.05. The highest BCUT2D eigenvalue weighted by molar-refractivity contribution is 5.95. The van der Waals surface area contributed by atoms with Gasteiger partial charge in [-0.05, 0) is 29.0 Å². The molecule has 20 heavy (non-hydrogen) atoms. The predicted octanol–water partition coefficient (Wildman–Crippen LogP) is 4.20. The molecule has 0 fully saturated rings. The van der Waals surface area contributed by atoms with Gasteiger partial charge in [0.1, 0.15) is 11.5 Å². The SMILES string of the molecule is O=C(O)/C=C/c1ccc(-c2cccc3ccccc23)o1. The van der Waals surface area contributed by atoms with Crippen molar-refractivity contribution < 1.29 is 14.3 Å². The number of fused-ring (bicyclic) bond motifs is 1. The minimum atomic E-state index is -0.992. The molecule has 0 amide bonds. The van der Waals surface area contributed by atoms with E-state index in [1.54, 1.807) is 6.07 Å². The summed E-state index contributed by atoms with van der Waals surface area (Å²) in [5.74, 6) is 0.260. The first kappa shape index (κ1) is 12.2. The average Bonchev–Trinajstić information content (AvgIpc) is 2.93. The molecule has 3 heteroatoms. The summed E-state index contributed by atoms with van der Waals surface area (Å²) in [4.78, 5) is 10.5. The van der Waals surface area contributed by atoms with E-state index in [1.165, 1.54) is 6.08 Å². The van der Waals surface area contributed by atoms with Crippen molar-refractivity contribution in [1.29, 1.82) is 0 Å². The number of hydrogen-bond acceptors (Lipinski definition) is 2. The molecule has 3 aromatic rings. The van der Waals surface area contributed by atoms with Gasteiger partial charge in [0.15, 0.2) is 0 Å². The van der Waals surface area contributed by atoms with Gasteiger partial charge in [0, 0.05) is 11.6 Å². The molecule has 1 N–H and O–H groups in total. The molecule has 0 saturated heterocycles. The second-order valence-electron chi connectivity index (χ2n) is 4.40. The highest BCUT2D eigenvalue weighted by Gasteiger charge is 2.07. The second-order valence-corrected chi connectivity index (χ2v) is 4.40. The van der Waals surface area contributed by atoms with Gasteiger partial charge in [-0.3, -0.25) is 0 Å². The molecule has 0 aliphatic heterocycles. The Bertz CT molecular complexity index is 791. The van der Waals surface area contributed by atoms with Crippen molar-refractivity contribution in [1.82, 2.24) is 0 Å². The first-order valence-electron chi connectivity index (χ1n) is 6.23. The lowest BCUT2D eigenvalue weighted by Gasteiger charge is -2.03. The van der Waals surface area contributed by atoms with Crippen LogP contribution in [0.2, 0.25) is 0 Å². The predicted molar refractivity (Wildman–Crippen MR) is 78.3 cm³/mol. The lowest BCUT2D eigenvalue weighted by molar-refractivity contribution is -0.131. The van der Waals surface area contributed by atoms with E-state index in [-0.39, 0.29) is 0 Å². The van der Waals surface area contributed by atoms with Crippen LogP contribution in [0.25, 0.3) is 28.2 Å². The molecule has 3 rings (SSSR count). The molecule has 3 nitrogen and oxygen atoms in total. The van der Waals surface area contributed by atoms with E-state index in [0.29, 0.717) is 5.76 Å². The van der Waals surface area contributed by atoms with Crippen LogP contribution in [0.3, 0.4) is 0 Å². The molecule has 0 radical (unpaired) electrons. The molecule has 98 valence electrons. The maximum atomic E-state index is 10.5. The van der Waals surface area contributed by atoms with Crippen molar-refractivity contribution in [2.45, 2.75) is 0 Å². The Kier molecular flexibility index (Phi) is 3.09. The summed E-state index contributed by atoms with van der Waals surface area (Å²) in [5.41, 5.74) is 0.998. The number of aliphatic carboxylic acids is 1. The molecular weight excluding hydrogens is 252 g/mol. The number of furan rings is 1. The van der Waals surface area contributed by atoms with E-state index in [9.17, 15) is 4.79 Å². The van der Waals surface area contributed by atoms with Gasteiger partial charge in [-0.1, -0.05) is 42.5 Å². The zero-order valence-corrected chi connectivity index (χ0v) is 10.6. The summed E-state index contributed by atoms with van der Waals surface area (Å²) < 4.78 is 5.68. The Labute approximate surface area is 115 Å². The number of benzene rings is 2. The minimum Gasteiger partial charge on any atom is -0.478 e. The number of rotatable bonds is 3. The maximum absolute atomic E-state index is 10.5. The van der Waals surface area contributed by atoms with Gasteiger partial charge in [-0.25, -0.2) is 4.79 Å². The van der Waals surface area contributed by atoms with Crippen LogP contribution in [-0.2, 0) is 4.79 Å². The fourth-order valence-corrected chi connectivity index (χ4v) is 2.18. The molecule has 1 heterocycles. The van der Waals surface area contributed by atoms with Crippen molar-refractivity contribution >= 4 is 22.8 Å². The van der Waals surface area contributed by atoms with Gasteiger partial charge < -0.3 is 9.52 Å². The summed E-state index contributed by atoms with van der Waals surface area (Å²) >= 11 is 0. The van der Waals surface area contributed by atoms with Crippen molar-refractivity contribution in [2.24, 2.45) is 0 Å². The van der Waals surface area contributed by atoms with Gasteiger partial charge in [0.25, 0.3) is 0 Å². The highest BCUT2D eigenvalue weighted by atomic mass is 16.4. The Balaban J connectivity index is 2.06. The topological polar surface area (TPSA) is 50.4 Å². The van der Waals surface area contributed by atoms with E-state index in [0.717, 1.165) is 28.2 Å². The molecular formula is C17H12O3. The molecule has 0 saturated carbocycles. The fourth-order valence-electron chi connectivity index (χ4n) is 2.18. The Morgan fingerprint density at radius 2 is 1.80 bits per heavy atom. The van der Waals surface area contributed by atoms with E-state index >= 15 is 0 Å². The van der Waals surface area contributed by atoms with Crippen molar-refractivity contribution in [2.75, 3.05) is 0 Å². The van der Waals surface area contributed by atoms with Gasteiger partial charge in [0.05, 0.1) is 0 Å². The lowest BCUT2D eigenvalue weighted by Crippen LogP contribution is -1.84. The van der Waals surface area contributed by atoms with E-state index in [4.69, 9.17) is 9.52 Å². The minimum absolute atomic E-state index is 0.523. The lowest BCUT2D eigenvalue weighted by atomic mass is 10.0. The molecule has 0 aliphatic carbocycles. The molecule has 0 atom stereocenters. The maximum Gasteiger partial charge on any atom is 0.328 e.